The number of nitrogens with zero attached hydrogens (tertiary/aromatic N) is 3. The Morgan fingerprint density at radius 2 is 1.87 bits per heavy atom. The Bertz CT molecular complexity index is 567. The molecule has 3 rings (SSSR count). The highest BCUT2D eigenvalue weighted by Crippen LogP contribution is 2.27. The van der Waals surface area contributed by atoms with Crippen molar-refractivity contribution >= 4 is 5.91 Å². The lowest BCUT2D eigenvalue weighted by molar-refractivity contribution is 0.0613. The number of halogens is 2. The molecule has 126 valence electrons. The predicted octanol–water partition coefficient (Wildman–Crippen LogP) is 2.70. The van der Waals surface area contributed by atoms with E-state index in [9.17, 15) is 13.6 Å². The first-order valence-electron chi connectivity index (χ1n) is 8.40. The molecular weight excluding hydrogens is 300 g/mol. The Morgan fingerprint density at radius 1 is 1.22 bits per heavy atom. The molecule has 0 bridgehead atoms. The molecule has 4 nitrogen and oxygen atoms in total. The van der Waals surface area contributed by atoms with Crippen molar-refractivity contribution in [3.8, 4) is 0 Å². The summed E-state index contributed by atoms with van der Waals surface area (Å²) in [4.78, 5) is 20.1. The van der Waals surface area contributed by atoms with E-state index in [-0.39, 0.29) is 5.69 Å². The summed E-state index contributed by atoms with van der Waals surface area (Å²) in [5.41, 5.74) is -0.280. The van der Waals surface area contributed by atoms with Crippen LogP contribution in [0, 0.1) is 17.6 Å². The summed E-state index contributed by atoms with van der Waals surface area (Å²) in [7, 11) is 0. The summed E-state index contributed by atoms with van der Waals surface area (Å²) in [6.45, 7) is 5.84. The molecule has 23 heavy (non-hydrogen) atoms. The molecule has 0 spiro atoms. The molecule has 1 unspecified atom stereocenters. The van der Waals surface area contributed by atoms with Crippen molar-refractivity contribution < 1.29 is 13.6 Å². The Balaban J connectivity index is 1.58. The van der Waals surface area contributed by atoms with Gasteiger partial charge in [0.2, 0.25) is 0 Å². The summed E-state index contributed by atoms with van der Waals surface area (Å²) < 4.78 is 26.6. The van der Waals surface area contributed by atoms with E-state index in [2.05, 4.69) is 16.8 Å². The predicted molar refractivity (Wildman–Crippen MR) is 83.0 cm³/mol. The molecular formula is C17H23F2N3O. The van der Waals surface area contributed by atoms with Gasteiger partial charge in [0.1, 0.15) is 5.82 Å². The third-order valence-electron chi connectivity index (χ3n) is 5.24. The number of hydrogen-bond donors (Lipinski definition) is 0. The van der Waals surface area contributed by atoms with E-state index in [1.807, 2.05) is 0 Å². The lowest BCUT2D eigenvalue weighted by Crippen LogP contribution is -2.45. The molecule has 1 atom stereocenters. The van der Waals surface area contributed by atoms with Crippen LogP contribution in [0.15, 0.2) is 12.3 Å². The van der Waals surface area contributed by atoms with Crippen molar-refractivity contribution in [2.24, 2.45) is 5.92 Å². The largest absolute Gasteiger partial charge is 0.337 e. The van der Waals surface area contributed by atoms with Crippen molar-refractivity contribution in [3.63, 3.8) is 0 Å². The lowest BCUT2D eigenvalue weighted by atomic mass is 9.89. The van der Waals surface area contributed by atoms with E-state index >= 15 is 0 Å². The highest BCUT2D eigenvalue weighted by Gasteiger charge is 2.31. The first-order chi connectivity index (χ1) is 11.1. The van der Waals surface area contributed by atoms with E-state index in [1.165, 1.54) is 25.9 Å². The van der Waals surface area contributed by atoms with Gasteiger partial charge >= 0.3 is 0 Å². The molecule has 0 saturated carbocycles. The van der Waals surface area contributed by atoms with Gasteiger partial charge in [0.05, 0.1) is 6.20 Å². The highest BCUT2D eigenvalue weighted by molar-refractivity contribution is 5.92. The minimum absolute atomic E-state index is 0.280. The minimum Gasteiger partial charge on any atom is -0.337 e. The third kappa shape index (κ3) is 3.52. The van der Waals surface area contributed by atoms with Crippen molar-refractivity contribution in [1.29, 1.82) is 0 Å². The molecule has 1 aromatic rings. The van der Waals surface area contributed by atoms with Crippen LogP contribution >= 0.6 is 0 Å². The zero-order chi connectivity index (χ0) is 16.4. The third-order valence-corrected chi connectivity index (χ3v) is 5.24. The van der Waals surface area contributed by atoms with Crippen LogP contribution in [0.2, 0.25) is 0 Å². The van der Waals surface area contributed by atoms with E-state index in [1.54, 1.807) is 4.90 Å². The van der Waals surface area contributed by atoms with Crippen molar-refractivity contribution in [2.45, 2.75) is 38.6 Å². The van der Waals surface area contributed by atoms with Crippen molar-refractivity contribution in [3.05, 3.63) is 29.6 Å². The maximum Gasteiger partial charge on any atom is 0.275 e. The first kappa shape index (κ1) is 16.3. The van der Waals surface area contributed by atoms with Gasteiger partial charge in [0.15, 0.2) is 11.5 Å². The number of hydrogen-bond acceptors (Lipinski definition) is 3. The average molecular weight is 323 g/mol. The van der Waals surface area contributed by atoms with Crippen molar-refractivity contribution in [2.75, 3.05) is 26.2 Å². The Morgan fingerprint density at radius 3 is 2.48 bits per heavy atom. The quantitative estimate of drug-likeness (QED) is 0.858. The zero-order valence-electron chi connectivity index (χ0n) is 13.5. The smallest absolute Gasteiger partial charge is 0.275 e. The minimum atomic E-state index is -0.887. The number of carbonyl (C=O) groups is 1. The monoisotopic (exact) mass is 323 g/mol. The number of carbonyl (C=O) groups excluding carboxylic acids is 1. The molecule has 1 aromatic heterocycles. The topological polar surface area (TPSA) is 36.4 Å². The van der Waals surface area contributed by atoms with Gasteiger partial charge in [-0.05, 0) is 51.6 Å². The SMILES string of the molecule is CC(C1CCN(C(=O)c2ncc(F)cc2F)CC1)N1CCCC1. The number of likely N-dealkylation sites (tertiary alicyclic amines) is 2. The van der Waals surface area contributed by atoms with Gasteiger partial charge in [0.25, 0.3) is 5.91 Å². The second kappa shape index (κ2) is 6.91. The van der Waals surface area contributed by atoms with Gasteiger partial charge in [-0.3, -0.25) is 4.79 Å². The molecule has 2 aliphatic rings. The van der Waals surface area contributed by atoms with Gasteiger partial charge in [-0.25, -0.2) is 13.8 Å². The summed E-state index contributed by atoms with van der Waals surface area (Å²) in [5, 5.41) is 0. The maximum absolute atomic E-state index is 13.7. The molecule has 6 heteroatoms. The standard InChI is InChI=1S/C17H23F2N3O/c1-12(21-6-2-3-7-21)13-4-8-22(9-5-13)17(23)16-15(19)10-14(18)11-20-16/h10-13H,2-9H2,1H3. The van der Waals surface area contributed by atoms with Crippen LogP contribution in [0.3, 0.4) is 0 Å². The second-order valence-corrected chi connectivity index (χ2v) is 6.60. The summed E-state index contributed by atoms with van der Waals surface area (Å²) in [6, 6.07) is 1.25. The average Bonchev–Trinajstić information content (AvgIpc) is 3.08. The summed E-state index contributed by atoms with van der Waals surface area (Å²) in [6.07, 6.45) is 5.28. The van der Waals surface area contributed by atoms with Gasteiger partial charge in [-0.15, -0.1) is 0 Å². The summed E-state index contributed by atoms with van der Waals surface area (Å²) in [5.74, 6) is -1.52. The molecule has 2 saturated heterocycles. The number of pyridine rings is 1. The first-order valence-corrected chi connectivity index (χ1v) is 8.40. The number of rotatable bonds is 3. The maximum atomic E-state index is 13.7. The normalized spacial score (nSPS) is 21.6. The Labute approximate surface area is 135 Å². The van der Waals surface area contributed by atoms with Gasteiger partial charge < -0.3 is 9.80 Å². The van der Waals surface area contributed by atoms with Gasteiger partial charge in [0, 0.05) is 25.2 Å². The molecule has 0 N–H and O–H groups in total. The number of aromatic nitrogens is 1. The fraction of sp³-hybridized carbons (Fsp3) is 0.647. The van der Waals surface area contributed by atoms with E-state index in [0.717, 1.165) is 19.0 Å². The molecule has 3 heterocycles. The Kier molecular flexibility index (Phi) is 4.90. The van der Waals surface area contributed by atoms with Crippen LogP contribution in [0.5, 0.6) is 0 Å². The molecule has 0 aromatic carbocycles. The van der Waals surface area contributed by atoms with E-state index in [4.69, 9.17) is 0 Å². The van der Waals surface area contributed by atoms with Crippen LogP contribution in [0.25, 0.3) is 0 Å². The van der Waals surface area contributed by atoms with Crippen LogP contribution < -0.4 is 0 Å². The molecule has 1 amide bonds. The molecule has 2 aliphatic heterocycles. The van der Waals surface area contributed by atoms with Gasteiger partial charge in [-0.2, -0.15) is 0 Å². The van der Waals surface area contributed by atoms with Crippen LogP contribution in [0.4, 0.5) is 8.78 Å². The highest BCUT2D eigenvalue weighted by atomic mass is 19.1. The lowest BCUT2D eigenvalue weighted by Gasteiger charge is -2.38. The van der Waals surface area contributed by atoms with Crippen molar-refractivity contribution in [1.82, 2.24) is 14.8 Å². The van der Waals surface area contributed by atoms with E-state index in [0.29, 0.717) is 31.1 Å². The van der Waals surface area contributed by atoms with Crippen LogP contribution in [-0.2, 0) is 0 Å². The molecule has 0 aliphatic carbocycles. The van der Waals surface area contributed by atoms with Crippen LogP contribution in [0.1, 0.15) is 43.1 Å². The van der Waals surface area contributed by atoms with Crippen LogP contribution in [-0.4, -0.2) is 52.9 Å². The molecule has 0 radical (unpaired) electrons. The second-order valence-electron chi connectivity index (χ2n) is 6.60. The van der Waals surface area contributed by atoms with Gasteiger partial charge in [-0.1, -0.05) is 0 Å². The number of piperidine rings is 1. The molecule has 2 fully saturated rings. The fourth-order valence-electron chi connectivity index (χ4n) is 3.75. The summed E-state index contributed by atoms with van der Waals surface area (Å²) >= 11 is 0. The fourth-order valence-corrected chi connectivity index (χ4v) is 3.75. The van der Waals surface area contributed by atoms with E-state index < -0.39 is 17.5 Å². The number of amides is 1. The zero-order valence-corrected chi connectivity index (χ0v) is 13.5. The Hall–Kier alpha value is -1.56.